The number of ketones is 1. The monoisotopic (exact) mass is 349 g/mol. The van der Waals surface area contributed by atoms with Crippen molar-refractivity contribution in [2.75, 3.05) is 0 Å². The van der Waals surface area contributed by atoms with Crippen LogP contribution in [-0.2, 0) is 16.1 Å². The molecule has 6 heteroatoms. The largest absolute Gasteiger partial charge is 0.451 e. The molecule has 4 rings (SSSR count). The smallest absolute Gasteiger partial charge is 0.338 e. The minimum atomic E-state index is -0.586. The van der Waals surface area contributed by atoms with Crippen LogP contribution in [0.2, 0.25) is 0 Å². The van der Waals surface area contributed by atoms with Crippen LogP contribution in [0.1, 0.15) is 41.6 Å². The fourth-order valence-corrected chi connectivity index (χ4v) is 3.23. The van der Waals surface area contributed by atoms with Gasteiger partial charge in [-0.1, -0.05) is 29.5 Å². The number of benzene rings is 2. The first-order valence-corrected chi connectivity index (χ1v) is 8.81. The Morgan fingerprint density at radius 1 is 1.12 bits per heavy atom. The van der Waals surface area contributed by atoms with Gasteiger partial charge in [-0.3, -0.25) is 4.79 Å². The predicted molar refractivity (Wildman–Crippen MR) is 95.8 cm³/mol. The van der Waals surface area contributed by atoms with Crippen LogP contribution in [0.15, 0.2) is 48.5 Å². The van der Waals surface area contributed by atoms with Gasteiger partial charge in [0.15, 0.2) is 11.9 Å². The van der Waals surface area contributed by atoms with E-state index in [4.69, 9.17) is 4.74 Å². The molecule has 1 saturated carbocycles. The molecule has 0 spiro atoms. The number of hydrogen-bond acceptors (Lipinski definition) is 5. The molecule has 1 aromatic heterocycles. The van der Waals surface area contributed by atoms with Gasteiger partial charge in [-0.25, -0.2) is 9.48 Å². The number of aromatic nitrogens is 3. The van der Waals surface area contributed by atoms with E-state index in [1.807, 2.05) is 41.1 Å². The third-order valence-corrected chi connectivity index (χ3v) is 4.69. The number of carbonyl (C=O) groups is 2. The first-order valence-electron chi connectivity index (χ1n) is 8.81. The zero-order chi connectivity index (χ0) is 17.9. The van der Waals surface area contributed by atoms with Gasteiger partial charge in [-0.05, 0) is 49.1 Å². The van der Waals surface area contributed by atoms with Gasteiger partial charge >= 0.3 is 5.97 Å². The number of esters is 1. The van der Waals surface area contributed by atoms with Gasteiger partial charge in [-0.15, -0.1) is 5.10 Å². The van der Waals surface area contributed by atoms with Gasteiger partial charge in [0.2, 0.25) is 0 Å². The Bertz CT molecular complexity index is 946. The van der Waals surface area contributed by atoms with Crippen LogP contribution >= 0.6 is 0 Å². The summed E-state index contributed by atoms with van der Waals surface area (Å²) in [7, 11) is 0. The van der Waals surface area contributed by atoms with E-state index in [9.17, 15) is 9.59 Å². The van der Waals surface area contributed by atoms with Crippen molar-refractivity contribution >= 4 is 22.8 Å². The summed E-state index contributed by atoms with van der Waals surface area (Å²) in [6.45, 7) is 0.566. The molecule has 0 radical (unpaired) electrons. The Balaban J connectivity index is 1.44. The molecule has 1 aliphatic carbocycles. The van der Waals surface area contributed by atoms with Gasteiger partial charge in [0, 0.05) is 6.42 Å². The first-order chi connectivity index (χ1) is 12.7. The molecular weight excluding hydrogens is 330 g/mol. The van der Waals surface area contributed by atoms with Crippen molar-refractivity contribution in [3.63, 3.8) is 0 Å². The van der Waals surface area contributed by atoms with Crippen molar-refractivity contribution in [2.45, 2.75) is 38.3 Å². The standard InChI is InChI=1S/C20H19N3O3/c24-18-7-3-4-8-19(18)26-20(25)15-11-9-14(10-12-15)13-23-17-6-2-1-5-16(17)21-22-23/h1-2,5-6,9-12,19H,3-4,7-8,13H2. The Hall–Kier alpha value is -3.02. The summed E-state index contributed by atoms with van der Waals surface area (Å²) >= 11 is 0. The molecule has 26 heavy (non-hydrogen) atoms. The lowest BCUT2D eigenvalue weighted by Crippen LogP contribution is -2.30. The van der Waals surface area contributed by atoms with E-state index in [1.165, 1.54) is 0 Å². The summed E-state index contributed by atoms with van der Waals surface area (Å²) in [5.41, 5.74) is 3.28. The van der Waals surface area contributed by atoms with Crippen LogP contribution in [0.3, 0.4) is 0 Å². The van der Waals surface area contributed by atoms with Gasteiger partial charge in [0.25, 0.3) is 0 Å². The van der Waals surface area contributed by atoms with Crippen molar-refractivity contribution in [1.29, 1.82) is 0 Å². The third-order valence-electron chi connectivity index (χ3n) is 4.69. The number of carbonyl (C=O) groups excluding carboxylic acids is 2. The average molecular weight is 349 g/mol. The summed E-state index contributed by atoms with van der Waals surface area (Å²) < 4.78 is 7.20. The fraction of sp³-hybridized carbons (Fsp3) is 0.300. The molecular formula is C20H19N3O3. The molecule has 0 N–H and O–H groups in total. The van der Waals surface area contributed by atoms with Gasteiger partial charge in [-0.2, -0.15) is 0 Å². The number of fused-ring (bicyclic) bond motifs is 1. The minimum absolute atomic E-state index is 0.0271. The second-order valence-corrected chi connectivity index (χ2v) is 6.54. The number of nitrogens with zero attached hydrogens (tertiary/aromatic N) is 3. The summed E-state index contributed by atoms with van der Waals surface area (Å²) in [4.78, 5) is 24.1. The maximum atomic E-state index is 12.3. The van der Waals surface area contributed by atoms with Crippen LogP contribution in [0.25, 0.3) is 11.0 Å². The van der Waals surface area contributed by atoms with E-state index >= 15 is 0 Å². The summed E-state index contributed by atoms with van der Waals surface area (Å²) in [6.07, 6.45) is 2.36. The van der Waals surface area contributed by atoms with Crippen LogP contribution in [0.4, 0.5) is 0 Å². The molecule has 0 aliphatic heterocycles. The molecule has 0 bridgehead atoms. The van der Waals surface area contributed by atoms with E-state index in [1.54, 1.807) is 12.1 Å². The maximum Gasteiger partial charge on any atom is 0.338 e. The van der Waals surface area contributed by atoms with Gasteiger partial charge in [0.05, 0.1) is 17.6 Å². The maximum absolute atomic E-state index is 12.3. The van der Waals surface area contributed by atoms with E-state index in [0.29, 0.717) is 24.9 Å². The Labute approximate surface area is 150 Å². The SMILES string of the molecule is O=C(OC1CCCCC1=O)c1ccc(Cn2nnc3ccccc32)cc1. The highest BCUT2D eigenvalue weighted by Crippen LogP contribution is 2.19. The highest BCUT2D eigenvalue weighted by Gasteiger charge is 2.26. The Morgan fingerprint density at radius 3 is 2.73 bits per heavy atom. The van der Waals surface area contributed by atoms with E-state index in [2.05, 4.69) is 10.3 Å². The molecule has 1 atom stereocenters. The minimum Gasteiger partial charge on any atom is -0.451 e. The van der Waals surface area contributed by atoms with E-state index < -0.39 is 12.1 Å². The summed E-state index contributed by atoms with van der Waals surface area (Å²) in [6, 6.07) is 15.0. The van der Waals surface area contributed by atoms with Crippen LogP contribution < -0.4 is 0 Å². The Kier molecular flexibility index (Phi) is 4.48. The molecule has 2 aromatic carbocycles. The number of rotatable bonds is 4. The fourth-order valence-electron chi connectivity index (χ4n) is 3.23. The second kappa shape index (κ2) is 7.07. The first kappa shape index (κ1) is 16.4. The number of Topliss-reactive ketones (excluding diaryl/α,β-unsaturated/α-hetero) is 1. The molecule has 1 fully saturated rings. The molecule has 0 saturated heterocycles. The molecule has 1 aliphatic rings. The molecule has 6 nitrogen and oxygen atoms in total. The van der Waals surface area contributed by atoms with E-state index in [-0.39, 0.29) is 5.78 Å². The quantitative estimate of drug-likeness (QED) is 0.677. The van der Waals surface area contributed by atoms with Gasteiger partial charge in [0.1, 0.15) is 5.52 Å². The number of hydrogen-bond donors (Lipinski definition) is 0. The number of para-hydroxylation sites is 1. The normalized spacial score (nSPS) is 17.4. The lowest BCUT2D eigenvalue weighted by molar-refractivity contribution is -0.129. The van der Waals surface area contributed by atoms with Crippen molar-refractivity contribution in [1.82, 2.24) is 15.0 Å². The number of ether oxygens (including phenoxy) is 1. The predicted octanol–water partition coefficient (Wildman–Crippen LogP) is 3.15. The topological polar surface area (TPSA) is 74.1 Å². The lowest BCUT2D eigenvalue weighted by atomic mass is 9.96. The second-order valence-electron chi connectivity index (χ2n) is 6.54. The van der Waals surface area contributed by atoms with Crippen molar-refractivity contribution in [3.8, 4) is 0 Å². The molecule has 1 heterocycles. The zero-order valence-electron chi connectivity index (χ0n) is 14.3. The molecule has 3 aromatic rings. The highest BCUT2D eigenvalue weighted by atomic mass is 16.5. The Morgan fingerprint density at radius 2 is 1.92 bits per heavy atom. The molecule has 0 amide bonds. The van der Waals surface area contributed by atoms with Crippen molar-refractivity contribution in [2.24, 2.45) is 0 Å². The van der Waals surface area contributed by atoms with Crippen LogP contribution in [0, 0.1) is 0 Å². The van der Waals surface area contributed by atoms with Gasteiger partial charge < -0.3 is 4.74 Å². The molecule has 1 unspecified atom stereocenters. The third kappa shape index (κ3) is 3.35. The van der Waals surface area contributed by atoms with Crippen molar-refractivity contribution < 1.29 is 14.3 Å². The van der Waals surface area contributed by atoms with E-state index in [0.717, 1.165) is 29.4 Å². The average Bonchev–Trinajstić information content (AvgIpc) is 3.07. The zero-order valence-corrected chi connectivity index (χ0v) is 14.3. The highest BCUT2D eigenvalue weighted by molar-refractivity contribution is 5.93. The summed E-state index contributed by atoms with van der Waals surface area (Å²) in [5.74, 6) is -0.415. The van der Waals surface area contributed by atoms with Crippen LogP contribution in [0.5, 0.6) is 0 Å². The molecule has 132 valence electrons. The van der Waals surface area contributed by atoms with Crippen molar-refractivity contribution in [3.05, 3.63) is 59.7 Å². The van der Waals surface area contributed by atoms with Crippen LogP contribution in [-0.4, -0.2) is 32.9 Å². The lowest BCUT2D eigenvalue weighted by Gasteiger charge is -2.20. The summed E-state index contributed by atoms with van der Waals surface area (Å²) in [5, 5.41) is 8.31.